The van der Waals surface area contributed by atoms with Crippen LogP contribution in [0.25, 0.3) is 0 Å². The minimum absolute atomic E-state index is 0.589. The highest BCUT2D eigenvalue weighted by Gasteiger charge is 2.21. The number of hydrogen-bond acceptors (Lipinski definition) is 4. The SMILES string of the molecule is Cc1csc(Cc2nc(=S)c(Br)c(C3CCCC3)[nH]2)n1. The summed E-state index contributed by atoms with van der Waals surface area (Å²) in [5.41, 5.74) is 2.29. The molecule has 0 radical (unpaired) electrons. The Morgan fingerprint density at radius 1 is 1.40 bits per heavy atom. The Kier molecular flexibility index (Phi) is 4.33. The predicted octanol–water partition coefficient (Wildman–Crippen LogP) is 4.92. The molecule has 1 aliphatic rings. The minimum atomic E-state index is 0.589. The van der Waals surface area contributed by atoms with E-state index in [0.717, 1.165) is 27.4 Å². The Balaban J connectivity index is 1.93. The molecule has 0 saturated heterocycles. The third-order valence-electron chi connectivity index (χ3n) is 3.69. The van der Waals surface area contributed by atoms with Crippen LogP contribution in [0.1, 0.15) is 53.8 Å². The maximum absolute atomic E-state index is 5.39. The normalized spacial score (nSPS) is 15.9. The van der Waals surface area contributed by atoms with Crippen LogP contribution in [-0.4, -0.2) is 15.0 Å². The van der Waals surface area contributed by atoms with Gasteiger partial charge in [0.1, 0.15) is 15.5 Å². The maximum atomic E-state index is 5.39. The zero-order chi connectivity index (χ0) is 14.1. The lowest BCUT2D eigenvalue weighted by molar-refractivity contribution is 0.679. The summed E-state index contributed by atoms with van der Waals surface area (Å²) in [6.45, 7) is 2.02. The van der Waals surface area contributed by atoms with Crippen LogP contribution in [0.2, 0.25) is 0 Å². The third-order valence-corrected chi connectivity index (χ3v) is 6.02. The van der Waals surface area contributed by atoms with Gasteiger partial charge in [-0.2, -0.15) is 0 Å². The molecule has 0 aromatic carbocycles. The van der Waals surface area contributed by atoms with Gasteiger partial charge in [0, 0.05) is 22.7 Å². The molecule has 0 aliphatic heterocycles. The van der Waals surface area contributed by atoms with Gasteiger partial charge in [0.25, 0.3) is 0 Å². The average Bonchev–Trinajstić information content (AvgIpc) is 3.05. The molecular weight excluding hydrogens is 354 g/mol. The number of thiazole rings is 1. The molecule has 2 aromatic rings. The third kappa shape index (κ3) is 3.02. The Hall–Kier alpha value is -0.590. The van der Waals surface area contributed by atoms with Crippen LogP contribution in [0, 0.1) is 11.6 Å². The highest BCUT2D eigenvalue weighted by atomic mass is 79.9. The summed E-state index contributed by atoms with van der Waals surface area (Å²) >= 11 is 10.7. The second kappa shape index (κ2) is 6.03. The number of aromatic amines is 1. The maximum Gasteiger partial charge on any atom is 0.144 e. The van der Waals surface area contributed by atoms with E-state index in [1.165, 1.54) is 31.4 Å². The molecule has 0 bridgehead atoms. The van der Waals surface area contributed by atoms with Gasteiger partial charge in [-0.3, -0.25) is 0 Å². The first-order valence-corrected chi connectivity index (χ1v) is 8.91. The van der Waals surface area contributed by atoms with E-state index in [-0.39, 0.29) is 0 Å². The number of H-pyrrole nitrogens is 1. The first-order valence-electron chi connectivity index (χ1n) is 6.83. The average molecular weight is 370 g/mol. The van der Waals surface area contributed by atoms with Gasteiger partial charge < -0.3 is 4.98 Å². The Morgan fingerprint density at radius 2 is 2.15 bits per heavy atom. The summed E-state index contributed by atoms with van der Waals surface area (Å²) in [7, 11) is 0. The van der Waals surface area contributed by atoms with Crippen LogP contribution in [0.3, 0.4) is 0 Å². The minimum Gasteiger partial charge on any atom is -0.345 e. The van der Waals surface area contributed by atoms with Gasteiger partial charge in [-0.15, -0.1) is 11.3 Å². The van der Waals surface area contributed by atoms with Crippen molar-refractivity contribution < 1.29 is 0 Å². The van der Waals surface area contributed by atoms with Crippen molar-refractivity contribution in [1.29, 1.82) is 0 Å². The molecule has 0 amide bonds. The van der Waals surface area contributed by atoms with Gasteiger partial charge >= 0.3 is 0 Å². The van der Waals surface area contributed by atoms with Crippen molar-refractivity contribution in [1.82, 2.24) is 15.0 Å². The second-order valence-electron chi connectivity index (χ2n) is 5.26. The highest BCUT2D eigenvalue weighted by molar-refractivity contribution is 9.10. The van der Waals surface area contributed by atoms with Gasteiger partial charge in [0.05, 0.1) is 10.9 Å². The fraction of sp³-hybridized carbons (Fsp3) is 0.500. The highest BCUT2D eigenvalue weighted by Crippen LogP contribution is 2.36. The number of rotatable bonds is 3. The van der Waals surface area contributed by atoms with Crippen LogP contribution >= 0.6 is 39.5 Å². The summed E-state index contributed by atoms with van der Waals surface area (Å²) < 4.78 is 1.63. The van der Waals surface area contributed by atoms with Crippen LogP contribution < -0.4 is 0 Å². The zero-order valence-corrected chi connectivity index (χ0v) is 14.5. The Morgan fingerprint density at radius 3 is 2.80 bits per heavy atom. The predicted molar refractivity (Wildman–Crippen MR) is 88.0 cm³/mol. The molecular formula is C14H16BrN3S2. The van der Waals surface area contributed by atoms with Crippen LogP contribution in [0.15, 0.2) is 9.85 Å². The van der Waals surface area contributed by atoms with Crippen molar-refractivity contribution in [3.8, 4) is 0 Å². The molecule has 0 atom stereocenters. The number of nitrogens with one attached hydrogen (secondary N) is 1. The summed E-state index contributed by atoms with van der Waals surface area (Å²) in [6.07, 6.45) is 5.82. The first-order chi connectivity index (χ1) is 9.63. The van der Waals surface area contributed by atoms with Crippen LogP contribution in [-0.2, 0) is 6.42 Å². The molecule has 1 saturated carbocycles. The van der Waals surface area contributed by atoms with E-state index in [1.807, 2.05) is 6.92 Å². The van der Waals surface area contributed by atoms with Gasteiger partial charge in [0.2, 0.25) is 0 Å². The number of halogens is 1. The van der Waals surface area contributed by atoms with Crippen LogP contribution in [0.4, 0.5) is 0 Å². The molecule has 2 aromatic heterocycles. The topological polar surface area (TPSA) is 41.6 Å². The van der Waals surface area contributed by atoms with E-state index in [2.05, 4.69) is 36.3 Å². The van der Waals surface area contributed by atoms with Crippen molar-refractivity contribution in [2.75, 3.05) is 0 Å². The fourth-order valence-corrected chi connectivity index (χ4v) is 4.24. The molecule has 0 unspecified atom stereocenters. The quantitative estimate of drug-likeness (QED) is 0.780. The zero-order valence-electron chi connectivity index (χ0n) is 11.3. The van der Waals surface area contributed by atoms with E-state index in [0.29, 0.717) is 10.6 Å². The lowest BCUT2D eigenvalue weighted by Crippen LogP contribution is -2.05. The van der Waals surface area contributed by atoms with Crippen molar-refractivity contribution in [2.24, 2.45) is 0 Å². The molecule has 1 aliphatic carbocycles. The summed E-state index contributed by atoms with van der Waals surface area (Å²) in [5, 5.41) is 3.15. The summed E-state index contributed by atoms with van der Waals surface area (Å²) in [6, 6.07) is 0. The molecule has 6 heteroatoms. The van der Waals surface area contributed by atoms with Crippen molar-refractivity contribution in [3.05, 3.63) is 36.7 Å². The van der Waals surface area contributed by atoms with Gasteiger partial charge in [-0.1, -0.05) is 25.1 Å². The standard InChI is InChI=1S/C14H16BrN3S2/c1-8-7-20-11(16-8)6-10-17-13(9-4-2-3-5-9)12(15)14(19)18-10/h7,9H,2-6H2,1H3,(H,17,18,19). The monoisotopic (exact) mass is 369 g/mol. The number of aromatic nitrogens is 3. The van der Waals surface area contributed by atoms with Gasteiger partial charge in [-0.25, -0.2) is 9.97 Å². The van der Waals surface area contributed by atoms with E-state index < -0.39 is 0 Å². The second-order valence-corrected chi connectivity index (χ2v) is 7.38. The van der Waals surface area contributed by atoms with Crippen LogP contribution in [0.5, 0.6) is 0 Å². The van der Waals surface area contributed by atoms with E-state index in [1.54, 1.807) is 11.3 Å². The lowest BCUT2D eigenvalue weighted by atomic mass is 10.0. The Labute approximate surface area is 136 Å². The molecule has 106 valence electrons. The van der Waals surface area contributed by atoms with E-state index in [9.17, 15) is 0 Å². The van der Waals surface area contributed by atoms with Crippen molar-refractivity contribution >= 4 is 39.5 Å². The molecule has 1 fully saturated rings. The number of nitrogens with zero attached hydrogens (tertiary/aromatic N) is 2. The van der Waals surface area contributed by atoms with Gasteiger partial charge in [0.15, 0.2) is 0 Å². The molecule has 0 spiro atoms. The Bertz CT molecular complexity index is 671. The van der Waals surface area contributed by atoms with Crippen molar-refractivity contribution in [2.45, 2.75) is 44.9 Å². The number of hydrogen-bond donors (Lipinski definition) is 1. The van der Waals surface area contributed by atoms with Gasteiger partial charge in [-0.05, 0) is 35.7 Å². The largest absolute Gasteiger partial charge is 0.345 e. The first kappa shape index (κ1) is 14.4. The van der Waals surface area contributed by atoms with Crippen molar-refractivity contribution in [3.63, 3.8) is 0 Å². The fourth-order valence-electron chi connectivity index (χ4n) is 2.73. The summed E-state index contributed by atoms with van der Waals surface area (Å²) in [5.74, 6) is 1.51. The molecule has 1 N–H and O–H groups in total. The lowest BCUT2D eigenvalue weighted by Gasteiger charge is -2.13. The summed E-state index contributed by atoms with van der Waals surface area (Å²) in [4.78, 5) is 12.5. The van der Waals surface area contributed by atoms with E-state index >= 15 is 0 Å². The molecule has 3 nitrogen and oxygen atoms in total. The smallest absolute Gasteiger partial charge is 0.144 e. The molecule has 3 rings (SSSR count). The molecule has 20 heavy (non-hydrogen) atoms. The molecule has 2 heterocycles. The van der Waals surface area contributed by atoms with E-state index in [4.69, 9.17) is 12.2 Å². The number of aryl methyl sites for hydroxylation is 1.